The summed E-state index contributed by atoms with van der Waals surface area (Å²) in [5.41, 5.74) is 0. The zero-order valence-corrected chi connectivity index (χ0v) is 10.1. The topological polar surface area (TPSA) is 88.4 Å². The minimum atomic E-state index is -3.64. The number of furan rings is 1. The summed E-state index contributed by atoms with van der Waals surface area (Å²) in [5, 5.41) is 2.32. The van der Waals surface area contributed by atoms with Crippen molar-refractivity contribution >= 4 is 15.9 Å². The normalized spacial score (nSPS) is 11.8. The summed E-state index contributed by atoms with van der Waals surface area (Å²) in [6.07, 6.45) is 0. The predicted molar refractivity (Wildman–Crippen MR) is 57.6 cm³/mol. The van der Waals surface area contributed by atoms with Gasteiger partial charge in [-0.15, -0.1) is 0 Å². The fraction of sp³-hybridized carbons (Fsp3) is 0.444. The van der Waals surface area contributed by atoms with Gasteiger partial charge in [-0.3, -0.25) is 4.79 Å². The highest BCUT2D eigenvalue weighted by atomic mass is 32.2. The molecule has 0 aliphatic heterocycles. The Balaban J connectivity index is 2.92. The van der Waals surface area contributed by atoms with E-state index in [1.807, 2.05) is 0 Å². The molecule has 0 saturated heterocycles. The number of carbonyl (C=O) groups excluding carboxylic acids is 1. The summed E-state index contributed by atoms with van der Waals surface area (Å²) in [6, 6.07) is 2.52. The Hall–Kier alpha value is -1.34. The monoisotopic (exact) mass is 246 g/mol. The van der Waals surface area contributed by atoms with E-state index in [0.29, 0.717) is 0 Å². The van der Waals surface area contributed by atoms with Crippen LogP contribution in [0.3, 0.4) is 0 Å². The molecule has 1 rings (SSSR count). The molecule has 0 spiro atoms. The molecule has 0 bridgehead atoms. The maximum Gasteiger partial charge on any atom is 0.287 e. The minimum Gasteiger partial charge on any atom is -0.438 e. The van der Waals surface area contributed by atoms with E-state index in [1.54, 1.807) is 13.8 Å². The number of hydrogen-bond acceptors (Lipinski definition) is 4. The molecule has 0 aliphatic rings. The predicted octanol–water partition coefficient (Wildman–Crippen LogP) is 0.326. The van der Waals surface area contributed by atoms with Crippen LogP contribution in [-0.2, 0) is 10.0 Å². The Morgan fingerprint density at radius 1 is 1.38 bits per heavy atom. The molecule has 0 aromatic carbocycles. The van der Waals surface area contributed by atoms with Crippen molar-refractivity contribution < 1.29 is 17.6 Å². The number of carbonyl (C=O) groups is 1. The lowest BCUT2D eigenvalue weighted by Crippen LogP contribution is -2.29. The Bertz CT molecular complexity index is 475. The molecular weight excluding hydrogens is 232 g/mol. The molecule has 2 N–H and O–H groups in total. The molecule has 1 aromatic rings. The van der Waals surface area contributed by atoms with Crippen LogP contribution in [0.25, 0.3) is 0 Å². The number of hydrogen-bond donors (Lipinski definition) is 2. The molecule has 6 nitrogen and oxygen atoms in total. The fourth-order valence-corrected chi connectivity index (χ4v) is 1.67. The second-order valence-electron chi connectivity index (χ2n) is 3.45. The molecule has 1 heterocycles. The average molecular weight is 246 g/mol. The Morgan fingerprint density at radius 3 is 2.50 bits per heavy atom. The second-order valence-corrected chi connectivity index (χ2v) is 5.27. The third-order valence-electron chi connectivity index (χ3n) is 1.76. The summed E-state index contributed by atoms with van der Waals surface area (Å²) >= 11 is 0. The smallest absolute Gasteiger partial charge is 0.287 e. The van der Waals surface area contributed by atoms with E-state index in [0.717, 1.165) is 0 Å². The zero-order valence-electron chi connectivity index (χ0n) is 9.27. The molecule has 90 valence electrons. The summed E-state index contributed by atoms with van der Waals surface area (Å²) in [4.78, 5) is 11.5. The van der Waals surface area contributed by atoms with Crippen molar-refractivity contribution in [1.29, 1.82) is 0 Å². The number of rotatable bonds is 4. The summed E-state index contributed by atoms with van der Waals surface area (Å²) in [5.74, 6) is -0.463. The van der Waals surface area contributed by atoms with E-state index in [1.165, 1.54) is 19.2 Å². The van der Waals surface area contributed by atoms with Crippen LogP contribution < -0.4 is 10.0 Å². The van der Waals surface area contributed by atoms with Crippen LogP contribution in [0.15, 0.2) is 21.6 Å². The van der Waals surface area contributed by atoms with Crippen LogP contribution in [0.5, 0.6) is 0 Å². The molecule has 16 heavy (non-hydrogen) atoms. The minimum absolute atomic E-state index is 0.0254. The molecule has 0 unspecified atom stereocenters. The lowest BCUT2D eigenvalue weighted by molar-refractivity contribution is 0.0910. The van der Waals surface area contributed by atoms with E-state index < -0.39 is 15.9 Å². The Labute approximate surface area is 94.1 Å². The molecule has 0 fully saturated rings. The lowest BCUT2D eigenvalue weighted by Gasteiger charge is -2.05. The van der Waals surface area contributed by atoms with Crippen LogP contribution >= 0.6 is 0 Å². The van der Waals surface area contributed by atoms with Gasteiger partial charge in [0.25, 0.3) is 15.9 Å². The highest BCUT2D eigenvalue weighted by Gasteiger charge is 2.19. The first-order valence-corrected chi connectivity index (χ1v) is 6.19. The number of sulfonamides is 1. The number of nitrogens with one attached hydrogen (secondary N) is 2. The van der Waals surface area contributed by atoms with E-state index in [4.69, 9.17) is 4.42 Å². The average Bonchev–Trinajstić information content (AvgIpc) is 2.66. The molecule has 0 atom stereocenters. The van der Waals surface area contributed by atoms with Gasteiger partial charge in [-0.25, -0.2) is 13.1 Å². The molecule has 7 heteroatoms. The van der Waals surface area contributed by atoms with Crippen molar-refractivity contribution in [3.63, 3.8) is 0 Å². The van der Waals surface area contributed by atoms with E-state index in [2.05, 4.69) is 10.0 Å². The van der Waals surface area contributed by atoms with Crippen molar-refractivity contribution in [2.45, 2.75) is 25.0 Å². The maximum absolute atomic E-state index is 11.5. The van der Waals surface area contributed by atoms with Gasteiger partial charge in [-0.2, -0.15) is 0 Å². The van der Waals surface area contributed by atoms with E-state index in [9.17, 15) is 13.2 Å². The second kappa shape index (κ2) is 4.67. The standard InChI is InChI=1S/C9H14N2O4S/c1-6(2)11-9(12)7-4-5-8(15-7)16(13,14)10-3/h4-6,10H,1-3H3,(H,11,12). The van der Waals surface area contributed by atoms with E-state index >= 15 is 0 Å². The van der Waals surface area contributed by atoms with Gasteiger partial charge in [0.1, 0.15) is 0 Å². The summed E-state index contributed by atoms with van der Waals surface area (Å²) in [7, 11) is -2.37. The first-order valence-electron chi connectivity index (χ1n) is 4.71. The highest BCUT2D eigenvalue weighted by molar-refractivity contribution is 7.89. The molecular formula is C9H14N2O4S. The van der Waals surface area contributed by atoms with Crippen molar-refractivity contribution in [1.82, 2.24) is 10.0 Å². The van der Waals surface area contributed by atoms with Gasteiger partial charge in [0.05, 0.1) is 0 Å². The van der Waals surface area contributed by atoms with Crippen LogP contribution in [0.2, 0.25) is 0 Å². The third-order valence-corrected chi connectivity index (χ3v) is 3.05. The van der Waals surface area contributed by atoms with Gasteiger partial charge in [0.2, 0.25) is 5.09 Å². The molecule has 1 aromatic heterocycles. The largest absolute Gasteiger partial charge is 0.438 e. The van der Waals surface area contributed by atoms with Crippen LogP contribution in [-0.4, -0.2) is 27.4 Å². The molecule has 0 radical (unpaired) electrons. The molecule has 0 saturated carbocycles. The van der Waals surface area contributed by atoms with Gasteiger partial charge < -0.3 is 9.73 Å². The van der Waals surface area contributed by atoms with Crippen LogP contribution in [0, 0.1) is 0 Å². The Kier molecular flexibility index (Phi) is 3.71. The quantitative estimate of drug-likeness (QED) is 0.801. The van der Waals surface area contributed by atoms with Gasteiger partial charge >= 0.3 is 0 Å². The SMILES string of the molecule is CNS(=O)(=O)c1ccc(C(=O)NC(C)C)o1. The van der Waals surface area contributed by atoms with Crippen molar-refractivity contribution in [2.24, 2.45) is 0 Å². The van der Waals surface area contributed by atoms with Crippen molar-refractivity contribution in [3.8, 4) is 0 Å². The van der Waals surface area contributed by atoms with Gasteiger partial charge in [0, 0.05) is 6.04 Å². The van der Waals surface area contributed by atoms with Crippen molar-refractivity contribution in [3.05, 3.63) is 17.9 Å². The lowest BCUT2D eigenvalue weighted by atomic mass is 10.3. The zero-order chi connectivity index (χ0) is 12.3. The maximum atomic E-state index is 11.5. The van der Waals surface area contributed by atoms with Crippen LogP contribution in [0.4, 0.5) is 0 Å². The fourth-order valence-electron chi connectivity index (χ4n) is 1.02. The van der Waals surface area contributed by atoms with Gasteiger partial charge in [0.15, 0.2) is 5.76 Å². The van der Waals surface area contributed by atoms with Gasteiger partial charge in [-0.1, -0.05) is 0 Å². The third kappa shape index (κ3) is 2.83. The molecule has 1 amide bonds. The Morgan fingerprint density at radius 2 is 2.00 bits per heavy atom. The number of amides is 1. The summed E-state index contributed by atoms with van der Waals surface area (Å²) in [6.45, 7) is 3.60. The first-order chi connectivity index (χ1) is 7.36. The van der Waals surface area contributed by atoms with E-state index in [-0.39, 0.29) is 16.9 Å². The summed E-state index contributed by atoms with van der Waals surface area (Å²) < 4.78 is 29.7. The van der Waals surface area contributed by atoms with Crippen molar-refractivity contribution in [2.75, 3.05) is 7.05 Å². The highest BCUT2D eigenvalue weighted by Crippen LogP contribution is 2.13. The van der Waals surface area contributed by atoms with Gasteiger partial charge in [-0.05, 0) is 33.0 Å². The van der Waals surface area contributed by atoms with Crippen LogP contribution in [0.1, 0.15) is 24.4 Å². The molecule has 0 aliphatic carbocycles. The first kappa shape index (κ1) is 12.7.